The molecule has 1 amide bonds. The van der Waals surface area contributed by atoms with E-state index >= 15 is 0 Å². The van der Waals surface area contributed by atoms with Crippen LogP contribution in [0.5, 0.6) is 0 Å². The number of aromatic nitrogens is 2. The van der Waals surface area contributed by atoms with E-state index in [4.69, 9.17) is 5.73 Å². The van der Waals surface area contributed by atoms with Crippen LogP contribution in [0.4, 0.5) is 5.82 Å². The van der Waals surface area contributed by atoms with Crippen molar-refractivity contribution in [1.82, 2.24) is 14.7 Å². The van der Waals surface area contributed by atoms with Gasteiger partial charge in [0.2, 0.25) is 5.91 Å². The third kappa shape index (κ3) is 2.91. The van der Waals surface area contributed by atoms with Crippen LogP contribution in [0.2, 0.25) is 0 Å². The van der Waals surface area contributed by atoms with Crippen LogP contribution < -0.4 is 5.73 Å². The molecule has 1 fully saturated rings. The Labute approximate surface area is 99.0 Å². The van der Waals surface area contributed by atoms with E-state index in [9.17, 15) is 4.79 Å². The first-order valence-corrected chi connectivity index (χ1v) is 6.55. The molecule has 16 heavy (non-hydrogen) atoms. The SMILES string of the molecule is Nc1ccn(CC(=O)N2CCCSCC2)n1. The molecule has 0 aliphatic carbocycles. The van der Waals surface area contributed by atoms with Crippen LogP contribution in [0, 0.1) is 0 Å². The Morgan fingerprint density at radius 2 is 2.38 bits per heavy atom. The second-order valence-electron chi connectivity index (χ2n) is 3.78. The minimum atomic E-state index is 0.130. The molecule has 0 saturated carbocycles. The molecule has 0 atom stereocenters. The summed E-state index contributed by atoms with van der Waals surface area (Å²) < 4.78 is 1.59. The molecule has 2 rings (SSSR count). The van der Waals surface area contributed by atoms with Crippen molar-refractivity contribution in [3.05, 3.63) is 12.3 Å². The number of nitrogens with zero attached hydrogens (tertiary/aromatic N) is 3. The number of nitrogen functional groups attached to an aromatic ring is 1. The van der Waals surface area contributed by atoms with E-state index in [0.717, 1.165) is 31.0 Å². The Morgan fingerprint density at radius 1 is 1.50 bits per heavy atom. The Kier molecular flexibility index (Phi) is 3.71. The van der Waals surface area contributed by atoms with Crippen molar-refractivity contribution in [3.63, 3.8) is 0 Å². The summed E-state index contributed by atoms with van der Waals surface area (Å²) in [5.74, 6) is 2.77. The maximum Gasteiger partial charge on any atom is 0.244 e. The zero-order valence-electron chi connectivity index (χ0n) is 9.13. The minimum Gasteiger partial charge on any atom is -0.382 e. The van der Waals surface area contributed by atoms with Crippen molar-refractivity contribution in [2.45, 2.75) is 13.0 Å². The molecule has 1 saturated heterocycles. The highest BCUT2D eigenvalue weighted by Crippen LogP contribution is 2.10. The van der Waals surface area contributed by atoms with Crippen molar-refractivity contribution in [3.8, 4) is 0 Å². The van der Waals surface area contributed by atoms with Gasteiger partial charge in [-0.05, 0) is 18.2 Å². The Morgan fingerprint density at radius 3 is 3.12 bits per heavy atom. The second kappa shape index (κ2) is 5.25. The zero-order valence-corrected chi connectivity index (χ0v) is 9.95. The molecular weight excluding hydrogens is 224 g/mol. The van der Waals surface area contributed by atoms with Crippen LogP contribution in [0.25, 0.3) is 0 Å². The molecule has 0 aromatic carbocycles. The van der Waals surface area contributed by atoms with Gasteiger partial charge in [-0.1, -0.05) is 0 Å². The van der Waals surface area contributed by atoms with E-state index in [1.165, 1.54) is 0 Å². The fourth-order valence-corrected chi connectivity index (χ4v) is 2.59. The summed E-state index contributed by atoms with van der Waals surface area (Å²) >= 11 is 1.91. The van der Waals surface area contributed by atoms with Gasteiger partial charge in [-0.25, -0.2) is 0 Å². The standard InChI is InChI=1S/C10H16N4OS/c11-9-2-4-14(12-9)8-10(15)13-3-1-6-16-7-5-13/h2,4H,1,3,5-8H2,(H2,11,12). The van der Waals surface area contributed by atoms with Crippen molar-refractivity contribution < 1.29 is 4.79 Å². The summed E-state index contributed by atoms with van der Waals surface area (Å²) in [5.41, 5.74) is 5.50. The van der Waals surface area contributed by atoms with Crippen LogP contribution in [0.1, 0.15) is 6.42 Å². The molecule has 2 heterocycles. The Hall–Kier alpha value is -1.17. The average molecular weight is 240 g/mol. The van der Waals surface area contributed by atoms with Gasteiger partial charge in [0, 0.05) is 25.0 Å². The molecule has 1 aliphatic heterocycles. The predicted molar refractivity (Wildman–Crippen MR) is 65.2 cm³/mol. The topological polar surface area (TPSA) is 64.2 Å². The van der Waals surface area contributed by atoms with Crippen LogP contribution in [-0.4, -0.2) is 45.2 Å². The van der Waals surface area contributed by atoms with Gasteiger partial charge in [0.1, 0.15) is 12.4 Å². The second-order valence-corrected chi connectivity index (χ2v) is 5.01. The van der Waals surface area contributed by atoms with Crippen molar-refractivity contribution in [2.24, 2.45) is 0 Å². The number of carbonyl (C=O) groups is 1. The smallest absolute Gasteiger partial charge is 0.244 e. The van der Waals surface area contributed by atoms with Gasteiger partial charge in [-0.3, -0.25) is 9.48 Å². The molecule has 0 bridgehead atoms. The minimum absolute atomic E-state index is 0.130. The van der Waals surface area contributed by atoms with E-state index in [1.807, 2.05) is 16.7 Å². The summed E-state index contributed by atoms with van der Waals surface area (Å²) in [6.45, 7) is 2.00. The number of amides is 1. The summed E-state index contributed by atoms with van der Waals surface area (Å²) in [6.07, 6.45) is 2.82. The van der Waals surface area contributed by atoms with Crippen LogP contribution >= 0.6 is 11.8 Å². The molecule has 88 valence electrons. The molecule has 0 unspecified atom stereocenters. The van der Waals surface area contributed by atoms with E-state index < -0.39 is 0 Å². The van der Waals surface area contributed by atoms with Gasteiger partial charge in [0.05, 0.1) is 0 Å². The first-order chi connectivity index (χ1) is 7.75. The molecule has 1 aliphatic rings. The fraction of sp³-hybridized carbons (Fsp3) is 0.600. The van der Waals surface area contributed by atoms with Crippen molar-refractivity contribution >= 4 is 23.5 Å². The number of carbonyl (C=O) groups excluding carboxylic acids is 1. The number of rotatable bonds is 2. The summed E-state index contributed by atoms with van der Waals surface area (Å²) in [4.78, 5) is 13.9. The molecule has 5 nitrogen and oxygen atoms in total. The summed E-state index contributed by atoms with van der Waals surface area (Å²) in [5, 5.41) is 4.01. The van der Waals surface area contributed by atoms with Gasteiger partial charge in [-0.15, -0.1) is 0 Å². The third-order valence-corrected chi connectivity index (χ3v) is 3.58. The lowest BCUT2D eigenvalue weighted by Gasteiger charge is -2.19. The monoisotopic (exact) mass is 240 g/mol. The highest BCUT2D eigenvalue weighted by molar-refractivity contribution is 7.99. The lowest BCUT2D eigenvalue weighted by molar-refractivity contribution is -0.131. The van der Waals surface area contributed by atoms with Gasteiger partial charge in [0.25, 0.3) is 0 Å². The van der Waals surface area contributed by atoms with Crippen LogP contribution in [-0.2, 0) is 11.3 Å². The lowest BCUT2D eigenvalue weighted by atomic mass is 10.4. The molecule has 6 heteroatoms. The molecule has 2 N–H and O–H groups in total. The van der Waals surface area contributed by atoms with Crippen LogP contribution in [0.15, 0.2) is 12.3 Å². The van der Waals surface area contributed by atoms with E-state index in [2.05, 4.69) is 5.10 Å². The van der Waals surface area contributed by atoms with E-state index in [-0.39, 0.29) is 5.91 Å². The van der Waals surface area contributed by atoms with Gasteiger partial charge >= 0.3 is 0 Å². The molecule has 1 aromatic rings. The van der Waals surface area contributed by atoms with Crippen molar-refractivity contribution in [2.75, 3.05) is 30.3 Å². The largest absolute Gasteiger partial charge is 0.382 e. The van der Waals surface area contributed by atoms with E-state index in [0.29, 0.717) is 12.4 Å². The highest BCUT2D eigenvalue weighted by Gasteiger charge is 2.15. The fourth-order valence-electron chi connectivity index (χ4n) is 1.70. The third-order valence-electron chi connectivity index (χ3n) is 2.53. The molecule has 0 radical (unpaired) electrons. The zero-order chi connectivity index (χ0) is 11.4. The van der Waals surface area contributed by atoms with Gasteiger partial charge in [-0.2, -0.15) is 16.9 Å². The molecular formula is C10H16N4OS. The summed E-state index contributed by atoms with van der Waals surface area (Å²) in [7, 11) is 0. The normalized spacial score (nSPS) is 17.1. The first kappa shape index (κ1) is 11.3. The first-order valence-electron chi connectivity index (χ1n) is 5.40. The maximum atomic E-state index is 11.9. The number of nitrogens with two attached hydrogens (primary N) is 1. The number of thioether (sulfide) groups is 1. The molecule has 1 aromatic heterocycles. The highest BCUT2D eigenvalue weighted by atomic mass is 32.2. The number of hydrogen-bond donors (Lipinski definition) is 1. The van der Waals surface area contributed by atoms with Gasteiger partial charge < -0.3 is 10.6 Å². The van der Waals surface area contributed by atoms with Crippen LogP contribution in [0.3, 0.4) is 0 Å². The lowest BCUT2D eigenvalue weighted by Crippen LogP contribution is -2.35. The Balaban J connectivity index is 1.91. The van der Waals surface area contributed by atoms with E-state index in [1.54, 1.807) is 16.9 Å². The number of anilines is 1. The van der Waals surface area contributed by atoms with Gasteiger partial charge in [0.15, 0.2) is 0 Å². The Bertz CT molecular complexity index is 357. The average Bonchev–Trinajstić information content (AvgIpc) is 2.56. The molecule has 0 spiro atoms. The summed E-state index contributed by atoms with van der Waals surface area (Å²) in [6, 6.07) is 1.70. The quantitative estimate of drug-likeness (QED) is 0.814. The van der Waals surface area contributed by atoms with Crippen molar-refractivity contribution in [1.29, 1.82) is 0 Å². The number of hydrogen-bond acceptors (Lipinski definition) is 4. The predicted octanol–water partition coefficient (Wildman–Crippen LogP) is 0.431. The maximum absolute atomic E-state index is 11.9.